The van der Waals surface area contributed by atoms with E-state index in [2.05, 4.69) is 10.3 Å². The quantitative estimate of drug-likeness (QED) is 0.891. The highest BCUT2D eigenvalue weighted by Crippen LogP contribution is 2.28. The van der Waals surface area contributed by atoms with Crippen LogP contribution in [0.25, 0.3) is 0 Å². The van der Waals surface area contributed by atoms with Crippen LogP contribution in [0.4, 0.5) is 0 Å². The van der Waals surface area contributed by atoms with Crippen molar-refractivity contribution in [3.8, 4) is 11.5 Å². The average Bonchev–Trinajstić information content (AvgIpc) is 2.55. The van der Waals surface area contributed by atoms with Gasteiger partial charge in [-0.1, -0.05) is 6.07 Å². The minimum Gasteiger partial charge on any atom is -0.493 e. The molecule has 1 aromatic heterocycles. The van der Waals surface area contributed by atoms with E-state index in [1.165, 1.54) is 0 Å². The van der Waals surface area contributed by atoms with Crippen molar-refractivity contribution in [2.24, 2.45) is 0 Å². The highest BCUT2D eigenvalue weighted by atomic mass is 16.5. The molecule has 0 aliphatic rings. The number of amides is 1. The molecule has 0 aliphatic carbocycles. The molecule has 1 unspecified atom stereocenters. The Morgan fingerprint density at radius 3 is 2.77 bits per heavy atom. The van der Waals surface area contributed by atoms with E-state index in [1.54, 1.807) is 37.7 Å². The molecule has 116 valence electrons. The van der Waals surface area contributed by atoms with Crippen LogP contribution in [0.15, 0.2) is 42.7 Å². The number of pyridine rings is 1. The van der Waals surface area contributed by atoms with Crippen LogP contribution in [0.3, 0.4) is 0 Å². The number of benzene rings is 1. The maximum atomic E-state index is 12.4. The molecule has 2 rings (SSSR count). The number of carbonyl (C=O) groups excluding carboxylic acids is 1. The van der Waals surface area contributed by atoms with Crippen molar-refractivity contribution in [1.29, 1.82) is 0 Å². The maximum Gasteiger partial charge on any atom is 0.251 e. The van der Waals surface area contributed by atoms with Crippen LogP contribution in [-0.4, -0.2) is 24.6 Å². The molecule has 2 aromatic rings. The molecule has 0 saturated carbocycles. The number of hydrogen-bond donors (Lipinski definition) is 1. The Bertz CT molecular complexity index is 629. The lowest BCUT2D eigenvalue weighted by molar-refractivity contribution is 0.0939. The van der Waals surface area contributed by atoms with Crippen LogP contribution >= 0.6 is 0 Å². The van der Waals surface area contributed by atoms with E-state index in [1.807, 2.05) is 26.0 Å². The lowest BCUT2D eigenvalue weighted by Crippen LogP contribution is -2.26. The monoisotopic (exact) mass is 300 g/mol. The first-order valence-corrected chi connectivity index (χ1v) is 7.17. The second kappa shape index (κ2) is 7.45. The van der Waals surface area contributed by atoms with E-state index in [9.17, 15) is 4.79 Å². The van der Waals surface area contributed by atoms with Crippen molar-refractivity contribution < 1.29 is 14.3 Å². The summed E-state index contributed by atoms with van der Waals surface area (Å²) in [4.78, 5) is 16.4. The van der Waals surface area contributed by atoms with Crippen LogP contribution in [0.5, 0.6) is 11.5 Å². The Morgan fingerprint density at radius 1 is 1.32 bits per heavy atom. The van der Waals surface area contributed by atoms with E-state index >= 15 is 0 Å². The predicted molar refractivity (Wildman–Crippen MR) is 84.3 cm³/mol. The number of aromatic nitrogens is 1. The van der Waals surface area contributed by atoms with Gasteiger partial charge in [-0.2, -0.15) is 0 Å². The summed E-state index contributed by atoms with van der Waals surface area (Å²) in [7, 11) is 1.57. The Balaban J connectivity index is 2.14. The highest BCUT2D eigenvalue weighted by molar-refractivity contribution is 5.95. The number of ether oxygens (including phenoxy) is 2. The fourth-order valence-electron chi connectivity index (χ4n) is 2.08. The van der Waals surface area contributed by atoms with Crippen molar-refractivity contribution in [2.75, 3.05) is 13.7 Å². The molecule has 1 N–H and O–H groups in total. The summed E-state index contributed by atoms with van der Waals surface area (Å²) in [6.07, 6.45) is 3.44. The number of carbonyl (C=O) groups is 1. The van der Waals surface area contributed by atoms with Crippen molar-refractivity contribution in [2.45, 2.75) is 19.9 Å². The molecule has 0 fully saturated rings. The topological polar surface area (TPSA) is 60.5 Å². The van der Waals surface area contributed by atoms with Gasteiger partial charge in [0, 0.05) is 18.0 Å². The standard InChI is InChI=1S/C17H20N2O3/c1-4-22-16-10-13(7-8-15(16)21-3)17(20)19-12(2)14-6-5-9-18-11-14/h5-12H,4H2,1-3H3,(H,19,20). The number of nitrogens with one attached hydrogen (secondary N) is 1. The molecule has 0 spiro atoms. The summed E-state index contributed by atoms with van der Waals surface area (Å²) in [6.45, 7) is 4.31. The molecule has 0 bridgehead atoms. The first kappa shape index (κ1) is 15.8. The Labute approximate surface area is 130 Å². The van der Waals surface area contributed by atoms with Crippen LogP contribution in [0.2, 0.25) is 0 Å². The molecule has 0 saturated heterocycles. The average molecular weight is 300 g/mol. The van der Waals surface area contributed by atoms with Gasteiger partial charge in [-0.25, -0.2) is 0 Å². The van der Waals surface area contributed by atoms with Gasteiger partial charge in [-0.3, -0.25) is 9.78 Å². The van der Waals surface area contributed by atoms with Crippen molar-refractivity contribution in [3.05, 3.63) is 53.9 Å². The van der Waals surface area contributed by atoms with Crippen molar-refractivity contribution in [1.82, 2.24) is 10.3 Å². The van der Waals surface area contributed by atoms with Gasteiger partial charge < -0.3 is 14.8 Å². The third-order valence-corrected chi connectivity index (χ3v) is 3.26. The molecular formula is C17H20N2O3. The summed E-state index contributed by atoms with van der Waals surface area (Å²) in [5.41, 5.74) is 1.48. The van der Waals surface area contributed by atoms with Gasteiger partial charge in [0.1, 0.15) is 0 Å². The molecule has 1 heterocycles. The SMILES string of the molecule is CCOc1cc(C(=O)NC(C)c2cccnc2)ccc1OC. The molecule has 0 aliphatic heterocycles. The molecule has 0 radical (unpaired) electrons. The van der Waals surface area contributed by atoms with Gasteiger partial charge in [0.15, 0.2) is 11.5 Å². The van der Waals surface area contributed by atoms with Crippen LogP contribution in [0.1, 0.15) is 35.8 Å². The number of nitrogens with zero attached hydrogens (tertiary/aromatic N) is 1. The minimum atomic E-state index is -0.167. The number of hydrogen-bond acceptors (Lipinski definition) is 4. The van der Waals surface area contributed by atoms with Gasteiger partial charge in [0.2, 0.25) is 0 Å². The second-order valence-corrected chi connectivity index (χ2v) is 4.78. The largest absolute Gasteiger partial charge is 0.493 e. The predicted octanol–water partition coefficient (Wildman–Crippen LogP) is 2.98. The van der Waals surface area contributed by atoms with E-state index in [0.717, 1.165) is 5.56 Å². The Kier molecular flexibility index (Phi) is 5.36. The summed E-state index contributed by atoms with van der Waals surface area (Å²) in [6, 6.07) is 8.78. The zero-order chi connectivity index (χ0) is 15.9. The lowest BCUT2D eigenvalue weighted by Gasteiger charge is -2.15. The zero-order valence-electron chi connectivity index (χ0n) is 13.0. The number of rotatable bonds is 6. The fourth-order valence-corrected chi connectivity index (χ4v) is 2.08. The maximum absolute atomic E-state index is 12.4. The van der Waals surface area contributed by atoms with Crippen LogP contribution in [-0.2, 0) is 0 Å². The third kappa shape index (κ3) is 3.75. The van der Waals surface area contributed by atoms with Crippen LogP contribution < -0.4 is 14.8 Å². The zero-order valence-corrected chi connectivity index (χ0v) is 13.0. The summed E-state index contributed by atoms with van der Waals surface area (Å²) < 4.78 is 10.7. The molecular weight excluding hydrogens is 280 g/mol. The molecule has 1 aromatic carbocycles. The van der Waals surface area contributed by atoms with Crippen LogP contribution in [0, 0.1) is 0 Å². The van der Waals surface area contributed by atoms with E-state index in [-0.39, 0.29) is 11.9 Å². The Hall–Kier alpha value is -2.56. The normalized spacial score (nSPS) is 11.6. The smallest absolute Gasteiger partial charge is 0.251 e. The molecule has 5 nitrogen and oxygen atoms in total. The summed E-state index contributed by atoms with van der Waals surface area (Å²) in [5.74, 6) is 1.00. The van der Waals surface area contributed by atoms with Gasteiger partial charge >= 0.3 is 0 Å². The van der Waals surface area contributed by atoms with Gasteiger partial charge in [-0.15, -0.1) is 0 Å². The minimum absolute atomic E-state index is 0.126. The number of methoxy groups -OCH3 is 1. The van der Waals surface area contributed by atoms with E-state index in [4.69, 9.17) is 9.47 Å². The van der Waals surface area contributed by atoms with E-state index < -0.39 is 0 Å². The molecule has 22 heavy (non-hydrogen) atoms. The van der Waals surface area contributed by atoms with Gasteiger partial charge in [0.05, 0.1) is 19.8 Å². The van der Waals surface area contributed by atoms with Crippen molar-refractivity contribution >= 4 is 5.91 Å². The molecule has 1 atom stereocenters. The highest BCUT2D eigenvalue weighted by Gasteiger charge is 2.14. The first-order valence-electron chi connectivity index (χ1n) is 7.17. The molecule has 5 heteroatoms. The van der Waals surface area contributed by atoms with E-state index in [0.29, 0.717) is 23.7 Å². The van der Waals surface area contributed by atoms with Crippen molar-refractivity contribution in [3.63, 3.8) is 0 Å². The van der Waals surface area contributed by atoms with Gasteiger partial charge in [-0.05, 0) is 43.7 Å². The van der Waals surface area contributed by atoms with Gasteiger partial charge in [0.25, 0.3) is 5.91 Å². The fraction of sp³-hybridized carbons (Fsp3) is 0.294. The second-order valence-electron chi connectivity index (χ2n) is 4.78. The summed E-state index contributed by atoms with van der Waals surface area (Å²) >= 11 is 0. The Morgan fingerprint density at radius 2 is 2.14 bits per heavy atom. The summed E-state index contributed by atoms with van der Waals surface area (Å²) in [5, 5.41) is 2.94. The lowest BCUT2D eigenvalue weighted by atomic mass is 10.1. The molecule has 1 amide bonds. The third-order valence-electron chi connectivity index (χ3n) is 3.26. The first-order chi connectivity index (χ1) is 10.7.